The van der Waals surface area contributed by atoms with E-state index in [0.29, 0.717) is 25.3 Å². The van der Waals surface area contributed by atoms with Gasteiger partial charge in [0.2, 0.25) is 5.91 Å². The molecule has 0 saturated heterocycles. The standard InChI is InChI=1S/C20H23FN2O3.ClH/c21-15-8-10-16(11-9-15)23-20(24)7-3-4-12-22-13-17-14-25-18-5-1-2-6-19(18)26-17;/h1-2,5-6,8-11,17,22H,3-4,7,12-14H2,(H,23,24);1H. The SMILES string of the molecule is Cl.O=C(CCCCNCC1COc2ccccc2O1)Nc1ccc(F)cc1. The van der Waals surface area contributed by atoms with Gasteiger partial charge in [0, 0.05) is 18.7 Å². The van der Waals surface area contributed by atoms with Gasteiger partial charge in [0.15, 0.2) is 11.5 Å². The van der Waals surface area contributed by atoms with Gasteiger partial charge < -0.3 is 20.1 Å². The highest BCUT2D eigenvalue weighted by Gasteiger charge is 2.19. The predicted octanol–water partition coefficient (Wildman–Crippen LogP) is 3.79. The molecule has 0 aliphatic carbocycles. The number of fused-ring (bicyclic) bond motifs is 1. The summed E-state index contributed by atoms with van der Waals surface area (Å²) in [6, 6.07) is 13.4. The van der Waals surface area contributed by atoms with Crippen molar-refractivity contribution in [2.45, 2.75) is 25.4 Å². The molecule has 0 saturated carbocycles. The molecule has 27 heavy (non-hydrogen) atoms. The first kappa shape index (κ1) is 21.0. The van der Waals surface area contributed by atoms with E-state index in [1.807, 2.05) is 24.3 Å². The second kappa shape index (κ2) is 10.7. The molecule has 146 valence electrons. The molecule has 0 spiro atoms. The van der Waals surface area contributed by atoms with Crippen molar-refractivity contribution < 1.29 is 18.7 Å². The zero-order valence-electron chi connectivity index (χ0n) is 14.9. The molecule has 3 rings (SSSR count). The Morgan fingerprint density at radius 3 is 2.59 bits per heavy atom. The van der Waals surface area contributed by atoms with Crippen LogP contribution in [0.4, 0.5) is 10.1 Å². The lowest BCUT2D eigenvalue weighted by Gasteiger charge is -2.26. The van der Waals surface area contributed by atoms with Crippen LogP contribution in [0.3, 0.4) is 0 Å². The summed E-state index contributed by atoms with van der Waals surface area (Å²) in [6.45, 7) is 2.05. The molecule has 2 aromatic rings. The molecule has 0 radical (unpaired) electrons. The van der Waals surface area contributed by atoms with E-state index in [1.54, 1.807) is 12.1 Å². The number of amides is 1. The van der Waals surface area contributed by atoms with Gasteiger partial charge in [-0.1, -0.05) is 12.1 Å². The van der Waals surface area contributed by atoms with Crippen molar-refractivity contribution in [3.05, 3.63) is 54.3 Å². The van der Waals surface area contributed by atoms with Gasteiger partial charge in [0.25, 0.3) is 0 Å². The fourth-order valence-electron chi connectivity index (χ4n) is 2.72. The average Bonchev–Trinajstić information content (AvgIpc) is 2.66. The summed E-state index contributed by atoms with van der Waals surface area (Å²) in [4.78, 5) is 11.8. The van der Waals surface area contributed by atoms with E-state index < -0.39 is 0 Å². The summed E-state index contributed by atoms with van der Waals surface area (Å²) < 4.78 is 24.4. The van der Waals surface area contributed by atoms with Gasteiger partial charge in [-0.2, -0.15) is 0 Å². The van der Waals surface area contributed by atoms with Gasteiger partial charge in [-0.15, -0.1) is 12.4 Å². The topological polar surface area (TPSA) is 59.6 Å². The lowest BCUT2D eigenvalue weighted by molar-refractivity contribution is -0.116. The Balaban J connectivity index is 0.00000261. The van der Waals surface area contributed by atoms with Crippen molar-refractivity contribution in [1.29, 1.82) is 0 Å². The third-order valence-corrected chi connectivity index (χ3v) is 4.07. The van der Waals surface area contributed by atoms with E-state index in [2.05, 4.69) is 10.6 Å². The van der Waals surface area contributed by atoms with Crippen LogP contribution in [0, 0.1) is 5.82 Å². The number of rotatable bonds is 8. The highest BCUT2D eigenvalue weighted by atomic mass is 35.5. The van der Waals surface area contributed by atoms with E-state index in [1.165, 1.54) is 12.1 Å². The zero-order valence-corrected chi connectivity index (χ0v) is 15.8. The summed E-state index contributed by atoms with van der Waals surface area (Å²) in [5.74, 6) is 1.20. The second-order valence-corrected chi connectivity index (χ2v) is 6.21. The van der Waals surface area contributed by atoms with Crippen LogP contribution in [-0.2, 0) is 4.79 Å². The van der Waals surface area contributed by atoms with Crippen LogP contribution in [0.1, 0.15) is 19.3 Å². The Labute approximate surface area is 164 Å². The minimum absolute atomic E-state index is 0. The molecule has 0 fully saturated rings. The number of para-hydroxylation sites is 2. The zero-order chi connectivity index (χ0) is 18.2. The van der Waals surface area contributed by atoms with Crippen LogP contribution in [-0.4, -0.2) is 31.7 Å². The summed E-state index contributed by atoms with van der Waals surface area (Å²) in [5.41, 5.74) is 0.615. The highest BCUT2D eigenvalue weighted by Crippen LogP contribution is 2.30. The molecule has 1 aliphatic heterocycles. The molecule has 2 aromatic carbocycles. The molecule has 2 N–H and O–H groups in total. The summed E-state index contributed by atoms with van der Waals surface area (Å²) in [5, 5.41) is 6.10. The first-order valence-electron chi connectivity index (χ1n) is 8.85. The minimum Gasteiger partial charge on any atom is -0.486 e. The van der Waals surface area contributed by atoms with E-state index >= 15 is 0 Å². The monoisotopic (exact) mass is 394 g/mol. The number of anilines is 1. The number of carbonyl (C=O) groups is 1. The van der Waals surface area contributed by atoms with Crippen LogP contribution in [0.2, 0.25) is 0 Å². The first-order chi connectivity index (χ1) is 12.7. The largest absolute Gasteiger partial charge is 0.486 e. The lowest BCUT2D eigenvalue weighted by atomic mass is 10.2. The fraction of sp³-hybridized carbons (Fsp3) is 0.350. The summed E-state index contributed by atoms with van der Waals surface area (Å²) in [7, 11) is 0. The van der Waals surface area contributed by atoms with E-state index in [9.17, 15) is 9.18 Å². The van der Waals surface area contributed by atoms with Gasteiger partial charge in [0.1, 0.15) is 18.5 Å². The molecular weight excluding hydrogens is 371 g/mol. The molecule has 5 nitrogen and oxygen atoms in total. The van der Waals surface area contributed by atoms with Crippen LogP contribution in [0.5, 0.6) is 11.5 Å². The fourth-order valence-corrected chi connectivity index (χ4v) is 2.72. The molecular formula is C20H24ClFN2O3. The van der Waals surface area contributed by atoms with E-state index in [0.717, 1.165) is 30.9 Å². The molecule has 1 aliphatic rings. The Morgan fingerprint density at radius 2 is 1.81 bits per heavy atom. The lowest BCUT2D eigenvalue weighted by Crippen LogP contribution is -2.38. The number of unbranched alkanes of at least 4 members (excludes halogenated alkanes) is 1. The maximum atomic E-state index is 12.8. The quantitative estimate of drug-likeness (QED) is 0.669. The number of ether oxygens (including phenoxy) is 2. The van der Waals surface area contributed by atoms with Crippen molar-refractivity contribution in [2.75, 3.05) is 25.0 Å². The number of nitrogens with one attached hydrogen (secondary N) is 2. The number of carbonyl (C=O) groups excluding carboxylic acids is 1. The summed E-state index contributed by atoms with van der Waals surface area (Å²) >= 11 is 0. The third-order valence-electron chi connectivity index (χ3n) is 4.07. The number of hydrogen-bond donors (Lipinski definition) is 2. The molecule has 0 bridgehead atoms. The Kier molecular flexibility index (Phi) is 8.36. The maximum absolute atomic E-state index is 12.8. The predicted molar refractivity (Wildman–Crippen MR) is 105 cm³/mol. The first-order valence-corrected chi connectivity index (χ1v) is 8.85. The van der Waals surface area contributed by atoms with E-state index in [4.69, 9.17) is 9.47 Å². The average molecular weight is 395 g/mol. The molecule has 1 unspecified atom stereocenters. The molecule has 0 aromatic heterocycles. The van der Waals surface area contributed by atoms with Gasteiger partial charge in [0.05, 0.1) is 0 Å². The van der Waals surface area contributed by atoms with Crippen molar-refractivity contribution in [1.82, 2.24) is 5.32 Å². The number of hydrogen-bond acceptors (Lipinski definition) is 4. The molecule has 7 heteroatoms. The Morgan fingerprint density at radius 1 is 1.07 bits per heavy atom. The maximum Gasteiger partial charge on any atom is 0.224 e. The van der Waals surface area contributed by atoms with Crippen LogP contribution < -0.4 is 20.1 Å². The third kappa shape index (κ3) is 6.73. The van der Waals surface area contributed by atoms with Crippen molar-refractivity contribution >= 4 is 24.0 Å². The summed E-state index contributed by atoms with van der Waals surface area (Å²) in [6.07, 6.45) is 2.10. The highest BCUT2D eigenvalue weighted by molar-refractivity contribution is 5.90. The Hall–Kier alpha value is -2.31. The van der Waals surface area contributed by atoms with Gasteiger partial charge >= 0.3 is 0 Å². The molecule has 1 heterocycles. The molecule has 1 amide bonds. The van der Waals surface area contributed by atoms with Crippen LogP contribution >= 0.6 is 12.4 Å². The van der Waals surface area contributed by atoms with Gasteiger partial charge in [-0.05, 0) is 55.8 Å². The van der Waals surface area contributed by atoms with Crippen LogP contribution in [0.15, 0.2) is 48.5 Å². The Bertz CT molecular complexity index is 727. The number of halogens is 2. The normalized spacial score (nSPS) is 14.9. The number of benzene rings is 2. The van der Waals surface area contributed by atoms with Crippen molar-refractivity contribution in [3.8, 4) is 11.5 Å². The van der Waals surface area contributed by atoms with E-state index in [-0.39, 0.29) is 30.2 Å². The van der Waals surface area contributed by atoms with Gasteiger partial charge in [-0.3, -0.25) is 4.79 Å². The van der Waals surface area contributed by atoms with Gasteiger partial charge in [-0.25, -0.2) is 4.39 Å². The van der Waals surface area contributed by atoms with Crippen molar-refractivity contribution in [3.63, 3.8) is 0 Å². The van der Waals surface area contributed by atoms with Crippen molar-refractivity contribution in [2.24, 2.45) is 0 Å². The smallest absolute Gasteiger partial charge is 0.224 e. The second-order valence-electron chi connectivity index (χ2n) is 6.21. The van der Waals surface area contributed by atoms with Crippen LogP contribution in [0.25, 0.3) is 0 Å². The molecule has 1 atom stereocenters. The minimum atomic E-state index is -0.315.